The molecule has 144 valence electrons. The first kappa shape index (κ1) is 18.5. The molecule has 2 nitrogen and oxygen atoms in total. The Morgan fingerprint density at radius 2 is 2.04 bits per heavy atom. The second-order valence-electron chi connectivity index (χ2n) is 9.96. The molecule has 0 unspecified atom stereocenters. The van der Waals surface area contributed by atoms with E-state index in [1.165, 1.54) is 31.3 Å². The highest BCUT2D eigenvalue weighted by Crippen LogP contribution is 2.61. The third kappa shape index (κ3) is 2.88. The van der Waals surface area contributed by atoms with Crippen molar-refractivity contribution >= 4 is 17.2 Å². The number of aryl methyl sites for hydroxylation is 1. The van der Waals surface area contributed by atoms with Gasteiger partial charge in [-0.25, -0.2) is 0 Å². The zero-order valence-electron chi connectivity index (χ0n) is 17.3. The molecular weight excluding hydrogens is 330 g/mol. The fraction of sp³-hybridized carbons (Fsp3) is 0.560. The largest absolute Gasteiger partial charge is 0.321 e. The second kappa shape index (κ2) is 6.36. The number of fused-ring (bicyclic) bond motifs is 2. The Labute approximate surface area is 164 Å². The Bertz CT molecular complexity index is 831. The number of carbonyl (C=O) groups excluding carboxylic acids is 1. The topological polar surface area (TPSA) is 29.1 Å². The number of amides is 1. The van der Waals surface area contributed by atoms with Crippen molar-refractivity contribution in [2.75, 3.05) is 5.32 Å². The van der Waals surface area contributed by atoms with Gasteiger partial charge in [-0.3, -0.25) is 4.79 Å². The van der Waals surface area contributed by atoms with E-state index < -0.39 is 0 Å². The Balaban J connectivity index is 1.66. The number of para-hydroxylation sites is 1. The molecular formula is C25H33NO. The lowest BCUT2D eigenvalue weighted by Gasteiger charge is -2.58. The molecule has 1 aromatic carbocycles. The molecule has 2 aliphatic carbocycles. The van der Waals surface area contributed by atoms with E-state index >= 15 is 0 Å². The monoisotopic (exact) mass is 363 g/mol. The van der Waals surface area contributed by atoms with Crippen molar-refractivity contribution in [2.45, 2.75) is 66.2 Å². The molecule has 0 bridgehead atoms. The molecule has 4 rings (SSSR count). The normalized spacial score (nSPS) is 33.6. The fourth-order valence-corrected chi connectivity index (χ4v) is 6.51. The fourth-order valence-electron chi connectivity index (χ4n) is 6.51. The summed E-state index contributed by atoms with van der Waals surface area (Å²) in [6, 6.07) is 6.17. The van der Waals surface area contributed by atoms with Gasteiger partial charge in [-0.15, -0.1) is 0 Å². The molecule has 1 N–H and O–H groups in total. The highest BCUT2D eigenvalue weighted by atomic mass is 16.2. The van der Waals surface area contributed by atoms with Gasteiger partial charge in [-0.1, -0.05) is 63.6 Å². The summed E-state index contributed by atoms with van der Waals surface area (Å²) in [4.78, 5) is 12.6. The number of carbonyl (C=O) groups is 1. The van der Waals surface area contributed by atoms with Gasteiger partial charge in [0.2, 0.25) is 0 Å². The number of benzene rings is 1. The summed E-state index contributed by atoms with van der Waals surface area (Å²) in [5, 5.41) is 3.06. The van der Waals surface area contributed by atoms with Crippen molar-refractivity contribution in [2.24, 2.45) is 22.7 Å². The van der Waals surface area contributed by atoms with E-state index in [-0.39, 0.29) is 5.91 Å². The minimum absolute atomic E-state index is 0.0476. The molecule has 0 saturated heterocycles. The summed E-state index contributed by atoms with van der Waals surface area (Å²) in [7, 11) is 0. The van der Waals surface area contributed by atoms with E-state index in [4.69, 9.17) is 0 Å². The van der Waals surface area contributed by atoms with Crippen LogP contribution in [-0.2, 0) is 4.79 Å². The number of hydrogen-bond acceptors (Lipinski definition) is 1. The van der Waals surface area contributed by atoms with Crippen LogP contribution in [0.25, 0.3) is 5.57 Å². The van der Waals surface area contributed by atoms with E-state index in [0.717, 1.165) is 41.1 Å². The minimum atomic E-state index is 0.0476. The number of allylic oxidation sites excluding steroid dienone is 2. The zero-order chi connectivity index (χ0) is 19.4. The van der Waals surface area contributed by atoms with Gasteiger partial charge in [-0.2, -0.15) is 0 Å². The maximum atomic E-state index is 12.6. The molecule has 2 heteroatoms. The predicted molar refractivity (Wildman–Crippen MR) is 113 cm³/mol. The van der Waals surface area contributed by atoms with Gasteiger partial charge in [0.05, 0.1) is 5.69 Å². The average Bonchev–Trinajstić information content (AvgIpc) is 2.91. The summed E-state index contributed by atoms with van der Waals surface area (Å²) in [6.45, 7) is 13.9. The number of hydrogen-bond donors (Lipinski definition) is 1. The van der Waals surface area contributed by atoms with Gasteiger partial charge < -0.3 is 5.32 Å². The van der Waals surface area contributed by atoms with Crippen molar-refractivity contribution in [3.63, 3.8) is 0 Å². The average molecular weight is 364 g/mol. The number of nitrogens with one attached hydrogen (secondary N) is 1. The van der Waals surface area contributed by atoms with E-state index in [2.05, 4.69) is 57.8 Å². The maximum Gasteiger partial charge on any atom is 0.256 e. The van der Waals surface area contributed by atoms with Gasteiger partial charge in [0.25, 0.3) is 5.91 Å². The lowest BCUT2D eigenvalue weighted by molar-refractivity contribution is -0.110. The van der Waals surface area contributed by atoms with E-state index in [0.29, 0.717) is 16.7 Å². The van der Waals surface area contributed by atoms with Crippen LogP contribution in [0.15, 0.2) is 36.4 Å². The van der Waals surface area contributed by atoms with Gasteiger partial charge in [0, 0.05) is 11.1 Å². The van der Waals surface area contributed by atoms with Gasteiger partial charge in [0.15, 0.2) is 0 Å². The van der Waals surface area contributed by atoms with Gasteiger partial charge in [0.1, 0.15) is 0 Å². The summed E-state index contributed by atoms with van der Waals surface area (Å²) < 4.78 is 0. The Morgan fingerprint density at radius 3 is 2.81 bits per heavy atom. The molecule has 27 heavy (non-hydrogen) atoms. The first-order chi connectivity index (χ1) is 12.7. The maximum absolute atomic E-state index is 12.6. The third-order valence-corrected chi connectivity index (χ3v) is 7.92. The molecule has 0 aromatic heterocycles. The molecule has 0 spiro atoms. The summed E-state index contributed by atoms with van der Waals surface area (Å²) in [6.07, 6.45) is 9.47. The van der Waals surface area contributed by atoms with Crippen molar-refractivity contribution in [3.8, 4) is 0 Å². The lowest BCUT2D eigenvalue weighted by atomic mass is 9.47. The first-order valence-electron chi connectivity index (χ1n) is 10.5. The van der Waals surface area contributed by atoms with Crippen LogP contribution < -0.4 is 5.32 Å². The number of rotatable bonds is 2. The van der Waals surface area contributed by atoms with Crippen molar-refractivity contribution in [1.82, 2.24) is 0 Å². The summed E-state index contributed by atoms with van der Waals surface area (Å²) in [5.41, 5.74) is 6.14. The van der Waals surface area contributed by atoms with Gasteiger partial charge >= 0.3 is 0 Å². The lowest BCUT2D eigenvalue weighted by Crippen LogP contribution is -2.49. The van der Waals surface area contributed by atoms with Crippen LogP contribution in [0.2, 0.25) is 0 Å². The molecule has 1 aliphatic heterocycles. The Kier molecular flexibility index (Phi) is 4.36. The summed E-state index contributed by atoms with van der Waals surface area (Å²) >= 11 is 0. The van der Waals surface area contributed by atoms with Crippen LogP contribution in [0, 0.1) is 29.6 Å². The first-order valence-corrected chi connectivity index (χ1v) is 10.5. The van der Waals surface area contributed by atoms with Crippen LogP contribution in [0.1, 0.15) is 70.4 Å². The molecule has 3 aliphatic rings. The van der Waals surface area contributed by atoms with Crippen LogP contribution in [0.4, 0.5) is 5.69 Å². The van der Waals surface area contributed by atoms with Crippen molar-refractivity contribution < 1.29 is 4.79 Å². The van der Waals surface area contributed by atoms with Crippen molar-refractivity contribution in [1.29, 1.82) is 0 Å². The molecule has 2 fully saturated rings. The standard InChI is InChI=1S/C25H33NO/c1-16-10-13-21-24(3,4)14-7-15-25(21,5)20(16)12-11-19-18-9-6-8-17(2)22(18)26-23(19)27/h6,8-9,11,20-21H,1,7,10,12-15H2,2-5H3,(H,26,27)/b19-11+/t20-,21-,25+/m0/s1. The highest BCUT2D eigenvalue weighted by Gasteiger charge is 2.52. The molecule has 3 atom stereocenters. The van der Waals surface area contributed by atoms with Crippen LogP contribution in [0.5, 0.6) is 0 Å². The molecule has 1 amide bonds. The summed E-state index contributed by atoms with van der Waals surface area (Å²) in [5.74, 6) is 1.27. The van der Waals surface area contributed by atoms with E-state index in [1.54, 1.807) is 0 Å². The quantitative estimate of drug-likeness (QED) is 0.470. The molecule has 1 heterocycles. The molecule has 1 aromatic rings. The van der Waals surface area contributed by atoms with Crippen LogP contribution in [-0.4, -0.2) is 5.91 Å². The van der Waals surface area contributed by atoms with E-state index in [1.807, 2.05) is 6.07 Å². The highest BCUT2D eigenvalue weighted by molar-refractivity contribution is 6.31. The smallest absolute Gasteiger partial charge is 0.256 e. The van der Waals surface area contributed by atoms with Crippen LogP contribution >= 0.6 is 0 Å². The van der Waals surface area contributed by atoms with Crippen LogP contribution in [0.3, 0.4) is 0 Å². The SMILES string of the molecule is C=C1CC[C@H]2C(C)(C)CCC[C@]2(C)[C@H]1C/C=C1/C(=O)Nc2c(C)cccc21. The molecule has 2 saturated carbocycles. The predicted octanol–water partition coefficient (Wildman–Crippen LogP) is 6.52. The Morgan fingerprint density at radius 1 is 1.26 bits per heavy atom. The Hall–Kier alpha value is -1.83. The van der Waals surface area contributed by atoms with Gasteiger partial charge in [-0.05, 0) is 67.3 Å². The van der Waals surface area contributed by atoms with Crippen molar-refractivity contribution in [3.05, 3.63) is 47.6 Å². The second-order valence-corrected chi connectivity index (χ2v) is 9.96. The molecule has 0 radical (unpaired) electrons. The van der Waals surface area contributed by atoms with E-state index in [9.17, 15) is 4.79 Å². The number of anilines is 1. The zero-order valence-corrected chi connectivity index (χ0v) is 17.3. The minimum Gasteiger partial charge on any atom is -0.321 e. The third-order valence-electron chi connectivity index (χ3n) is 7.92.